The lowest BCUT2D eigenvalue weighted by atomic mass is 9.83. The van der Waals surface area contributed by atoms with Crippen LogP contribution in [-0.2, 0) is 0 Å². The zero-order chi connectivity index (χ0) is 12.1. The minimum absolute atomic E-state index is 0.313. The van der Waals surface area contributed by atoms with Gasteiger partial charge in [0, 0.05) is 9.61 Å². The van der Waals surface area contributed by atoms with E-state index in [-0.39, 0.29) is 0 Å². The number of nitrogens with one attached hydrogen (secondary N) is 1. The van der Waals surface area contributed by atoms with Gasteiger partial charge in [0.15, 0.2) is 0 Å². The number of rotatable bonds is 4. The fourth-order valence-corrected chi connectivity index (χ4v) is 3.35. The summed E-state index contributed by atoms with van der Waals surface area (Å²) in [7, 11) is 0. The fraction of sp³-hybridized carbons (Fsp3) is 0.571. The van der Waals surface area contributed by atoms with Crippen molar-refractivity contribution in [3.05, 3.63) is 33.4 Å². The van der Waals surface area contributed by atoms with Crippen LogP contribution in [0.1, 0.15) is 50.1 Å². The first-order chi connectivity index (χ1) is 8.29. The largest absolute Gasteiger partial charge is 0.271 e. The molecular weight excluding hydrogens is 323 g/mol. The van der Waals surface area contributed by atoms with Gasteiger partial charge in [-0.15, -0.1) is 0 Å². The highest BCUT2D eigenvalue weighted by molar-refractivity contribution is 14.1. The van der Waals surface area contributed by atoms with Crippen LogP contribution < -0.4 is 11.3 Å². The summed E-state index contributed by atoms with van der Waals surface area (Å²) in [6, 6.07) is 8.96. The molecule has 3 N–H and O–H groups in total. The van der Waals surface area contributed by atoms with Gasteiger partial charge in [0.2, 0.25) is 0 Å². The summed E-state index contributed by atoms with van der Waals surface area (Å²) in [6.07, 6.45) is 8.14. The number of hydrogen-bond donors (Lipinski definition) is 2. The van der Waals surface area contributed by atoms with Crippen LogP contribution in [0, 0.1) is 9.49 Å². The molecule has 0 heterocycles. The van der Waals surface area contributed by atoms with Crippen LogP contribution in [0.25, 0.3) is 0 Å². The molecule has 0 amide bonds. The van der Waals surface area contributed by atoms with Crippen molar-refractivity contribution >= 4 is 22.6 Å². The molecule has 1 aromatic carbocycles. The summed E-state index contributed by atoms with van der Waals surface area (Å²) in [5.41, 5.74) is 4.31. The Bertz CT molecular complexity index is 348. The molecule has 1 fully saturated rings. The van der Waals surface area contributed by atoms with E-state index in [1.165, 1.54) is 47.7 Å². The fourth-order valence-electron chi connectivity index (χ4n) is 2.78. The number of halogens is 1. The van der Waals surface area contributed by atoms with Crippen LogP contribution >= 0.6 is 22.6 Å². The molecule has 0 bridgehead atoms. The van der Waals surface area contributed by atoms with E-state index in [2.05, 4.69) is 52.3 Å². The molecule has 1 atom stereocenters. The van der Waals surface area contributed by atoms with Crippen LogP contribution in [-0.4, -0.2) is 0 Å². The normalized spacial score (nSPS) is 19.2. The van der Waals surface area contributed by atoms with Crippen molar-refractivity contribution in [2.75, 3.05) is 0 Å². The molecule has 94 valence electrons. The maximum Gasteiger partial charge on any atom is 0.0463 e. The van der Waals surface area contributed by atoms with Gasteiger partial charge in [0.05, 0.1) is 0 Å². The highest BCUT2D eigenvalue weighted by Crippen LogP contribution is 2.31. The standard InChI is InChI=1S/C14H21IN2/c15-13-8-4-7-12(10-13)14(17-16)9-11-5-2-1-3-6-11/h4,7-8,10-11,14,17H,1-3,5-6,9,16H2. The van der Waals surface area contributed by atoms with Gasteiger partial charge in [-0.25, -0.2) is 0 Å². The highest BCUT2D eigenvalue weighted by Gasteiger charge is 2.19. The second-order valence-electron chi connectivity index (χ2n) is 5.01. The van der Waals surface area contributed by atoms with Crippen LogP contribution in [0.5, 0.6) is 0 Å². The number of benzene rings is 1. The molecule has 2 rings (SSSR count). The summed E-state index contributed by atoms with van der Waals surface area (Å²) < 4.78 is 1.28. The second-order valence-corrected chi connectivity index (χ2v) is 6.26. The zero-order valence-electron chi connectivity index (χ0n) is 10.2. The molecule has 0 aliphatic heterocycles. The molecule has 1 saturated carbocycles. The van der Waals surface area contributed by atoms with Crippen molar-refractivity contribution in [3.8, 4) is 0 Å². The molecule has 1 aromatic rings. The van der Waals surface area contributed by atoms with E-state index >= 15 is 0 Å². The SMILES string of the molecule is NNC(CC1CCCCC1)c1cccc(I)c1. The average molecular weight is 344 g/mol. The third kappa shape index (κ3) is 3.93. The zero-order valence-corrected chi connectivity index (χ0v) is 12.3. The molecule has 2 nitrogen and oxygen atoms in total. The predicted molar refractivity (Wildman–Crippen MR) is 80.4 cm³/mol. The quantitative estimate of drug-likeness (QED) is 0.496. The monoisotopic (exact) mass is 344 g/mol. The first-order valence-electron chi connectivity index (χ1n) is 6.51. The molecule has 0 radical (unpaired) electrons. The first-order valence-corrected chi connectivity index (χ1v) is 7.59. The first kappa shape index (κ1) is 13.3. The molecule has 0 aromatic heterocycles. The van der Waals surface area contributed by atoms with Crippen LogP contribution in [0.3, 0.4) is 0 Å². The lowest BCUT2D eigenvalue weighted by Gasteiger charge is -2.26. The third-order valence-corrected chi connectivity index (χ3v) is 4.42. The Kier molecular flexibility index (Phi) is 5.25. The smallest absolute Gasteiger partial charge is 0.0463 e. The van der Waals surface area contributed by atoms with E-state index in [0.29, 0.717) is 6.04 Å². The van der Waals surface area contributed by atoms with Gasteiger partial charge in [-0.2, -0.15) is 0 Å². The van der Waals surface area contributed by atoms with Crippen LogP contribution in [0.2, 0.25) is 0 Å². The van der Waals surface area contributed by atoms with Crippen molar-refractivity contribution in [1.82, 2.24) is 5.43 Å². The van der Waals surface area contributed by atoms with Crippen LogP contribution in [0.15, 0.2) is 24.3 Å². The summed E-state index contributed by atoms with van der Waals surface area (Å²) in [5.74, 6) is 6.57. The lowest BCUT2D eigenvalue weighted by Crippen LogP contribution is -2.30. The Labute approximate surface area is 117 Å². The van der Waals surface area contributed by atoms with Crippen molar-refractivity contribution in [2.24, 2.45) is 11.8 Å². The third-order valence-electron chi connectivity index (χ3n) is 3.75. The van der Waals surface area contributed by atoms with Crippen molar-refractivity contribution in [2.45, 2.75) is 44.6 Å². The predicted octanol–water partition coefficient (Wildman–Crippen LogP) is 3.77. The molecular formula is C14H21IN2. The summed E-state index contributed by atoms with van der Waals surface area (Å²) in [6.45, 7) is 0. The Hall–Kier alpha value is -0.130. The maximum atomic E-state index is 5.72. The Morgan fingerprint density at radius 3 is 2.71 bits per heavy atom. The molecule has 1 aliphatic rings. The Morgan fingerprint density at radius 2 is 2.06 bits per heavy atom. The van der Waals surface area contributed by atoms with E-state index in [4.69, 9.17) is 5.84 Å². The van der Waals surface area contributed by atoms with Gasteiger partial charge in [-0.3, -0.25) is 11.3 Å². The minimum Gasteiger partial charge on any atom is -0.271 e. The average Bonchev–Trinajstić information content (AvgIpc) is 2.37. The van der Waals surface area contributed by atoms with Crippen LogP contribution in [0.4, 0.5) is 0 Å². The topological polar surface area (TPSA) is 38.0 Å². The van der Waals surface area contributed by atoms with E-state index in [0.717, 1.165) is 5.92 Å². The lowest BCUT2D eigenvalue weighted by molar-refractivity contribution is 0.301. The van der Waals surface area contributed by atoms with Crippen molar-refractivity contribution in [3.63, 3.8) is 0 Å². The van der Waals surface area contributed by atoms with Gasteiger partial charge in [-0.1, -0.05) is 44.2 Å². The van der Waals surface area contributed by atoms with Gasteiger partial charge in [0.25, 0.3) is 0 Å². The van der Waals surface area contributed by atoms with Crippen molar-refractivity contribution in [1.29, 1.82) is 0 Å². The summed E-state index contributed by atoms with van der Waals surface area (Å²) in [4.78, 5) is 0. The molecule has 3 heteroatoms. The number of hydrazine groups is 1. The maximum absolute atomic E-state index is 5.72. The van der Waals surface area contributed by atoms with Crippen molar-refractivity contribution < 1.29 is 0 Å². The van der Waals surface area contributed by atoms with Gasteiger partial charge < -0.3 is 0 Å². The Balaban J connectivity index is 2.00. The summed E-state index contributed by atoms with van der Waals surface area (Å²) >= 11 is 2.36. The molecule has 1 aliphatic carbocycles. The van der Waals surface area contributed by atoms with Gasteiger partial charge >= 0.3 is 0 Å². The van der Waals surface area contributed by atoms with Gasteiger partial charge in [-0.05, 0) is 52.6 Å². The van der Waals surface area contributed by atoms with E-state index in [9.17, 15) is 0 Å². The van der Waals surface area contributed by atoms with E-state index < -0.39 is 0 Å². The highest BCUT2D eigenvalue weighted by atomic mass is 127. The molecule has 0 spiro atoms. The number of hydrogen-bond acceptors (Lipinski definition) is 2. The number of nitrogens with two attached hydrogens (primary N) is 1. The molecule has 1 unspecified atom stereocenters. The second kappa shape index (κ2) is 6.71. The minimum atomic E-state index is 0.313. The van der Waals surface area contributed by atoms with E-state index in [1.54, 1.807) is 0 Å². The molecule has 17 heavy (non-hydrogen) atoms. The van der Waals surface area contributed by atoms with Gasteiger partial charge in [0.1, 0.15) is 0 Å². The van der Waals surface area contributed by atoms with E-state index in [1.807, 2.05) is 0 Å². The summed E-state index contributed by atoms with van der Waals surface area (Å²) in [5, 5.41) is 0. The molecule has 0 saturated heterocycles. The Morgan fingerprint density at radius 1 is 1.29 bits per heavy atom.